The average molecular weight is 303 g/mol. The van der Waals surface area contributed by atoms with Crippen molar-refractivity contribution in [3.63, 3.8) is 0 Å². The third kappa shape index (κ3) is 4.30. The van der Waals surface area contributed by atoms with Crippen LogP contribution in [0.4, 0.5) is 0 Å². The van der Waals surface area contributed by atoms with Gasteiger partial charge in [0.15, 0.2) is 0 Å². The lowest BCUT2D eigenvalue weighted by Gasteiger charge is -2.25. The van der Waals surface area contributed by atoms with E-state index in [-0.39, 0.29) is 11.9 Å². The van der Waals surface area contributed by atoms with E-state index in [0.29, 0.717) is 17.9 Å². The molecule has 0 radical (unpaired) electrons. The van der Waals surface area contributed by atoms with Crippen LogP contribution < -0.4 is 0 Å². The summed E-state index contributed by atoms with van der Waals surface area (Å²) in [6, 6.07) is 11.6. The summed E-state index contributed by atoms with van der Waals surface area (Å²) in [5.41, 5.74) is 2.17. The van der Waals surface area contributed by atoms with Gasteiger partial charge in [-0.05, 0) is 48.7 Å². The summed E-state index contributed by atoms with van der Waals surface area (Å²) in [5, 5.41) is 0.707. The van der Waals surface area contributed by atoms with E-state index in [0.717, 1.165) is 11.1 Å². The summed E-state index contributed by atoms with van der Waals surface area (Å²) >= 11 is 5.95. The highest BCUT2D eigenvalue weighted by molar-refractivity contribution is 6.30. The molecule has 2 aromatic rings. The van der Waals surface area contributed by atoms with Gasteiger partial charge in [-0.25, -0.2) is 0 Å². The van der Waals surface area contributed by atoms with Crippen molar-refractivity contribution in [2.75, 3.05) is 7.05 Å². The van der Waals surface area contributed by atoms with Crippen molar-refractivity contribution >= 4 is 17.5 Å². The van der Waals surface area contributed by atoms with Crippen LogP contribution in [-0.4, -0.2) is 22.8 Å². The molecule has 110 valence electrons. The van der Waals surface area contributed by atoms with Crippen molar-refractivity contribution in [3.05, 3.63) is 64.9 Å². The van der Waals surface area contributed by atoms with Crippen molar-refractivity contribution in [2.45, 2.75) is 25.8 Å². The maximum Gasteiger partial charge on any atom is 0.223 e. The highest BCUT2D eigenvalue weighted by Crippen LogP contribution is 2.19. The van der Waals surface area contributed by atoms with Crippen LogP contribution in [0.3, 0.4) is 0 Å². The molecule has 0 aliphatic carbocycles. The normalized spacial score (nSPS) is 12.0. The van der Waals surface area contributed by atoms with Crippen LogP contribution in [-0.2, 0) is 11.2 Å². The van der Waals surface area contributed by atoms with Gasteiger partial charge in [0.05, 0.1) is 6.04 Å². The number of pyridine rings is 1. The Morgan fingerprint density at radius 3 is 2.67 bits per heavy atom. The molecule has 0 aliphatic heterocycles. The smallest absolute Gasteiger partial charge is 0.223 e. The first-order valence-corrected chi connectivity index (χ1v) is 7.36. The average Bonchev–Trinajstić information content (AvgIpc) is 2.52. The number of aryl methyl sites for hydroxylation is 1. The van der Waals surface area contributed by atoms with Gasteiger partial charge in [-0.15, -0.1) is 0 Å². The van der Waals surface area contributed by atoms with E-state index in [2.05, 4.69) is 4.98 Å². The fourth-order valence-corrected chi connectivity index (χ4v) is 2.41. The second-order valence-corrected chi connectivity index (χ2v) is 5.53. The van der Waals surface area contributed by atoms with Crippen LogP contribution >= 0.6 is 11.6 Å². The number of carbonyl (C=O) groups excluding carboxylic acids is 1. The van der Waals surface area contributed by atoms with Gasteiger partial charge in [0.25, 0.3) is 0 Å². The first kappa shape index (κ1) is 15.5. The molecule has 2 rings (SSSR count). The third-order valence-corrected chi connectivity index (χ3v) is 3.91. The Labute approximate surface area is 130 Å². The number of benzene rings is 1. The van der Waals surface area contributed by atoms with E-state index in [1.807, 2.05) is 50.4 Å². The first-order chi connectivity index (χ1) is 10.1. The molecule has 1 unspecified atom stereocenters. The molecular weight excluding hydrogens is 284 g/mol. The second-order valence-electron chi connectivity index (χ2n) is 5.09. The number of rotatable bonds is 5. The number of aromatic nitrogens is 1. The Kier molecular flexibility index (Phi) is 5.34. The Bertz CT molecular complexity index is 601. The number of carbonyl (C=O) groups is 1. The minimum Gasteiger partial charge on any atom is -0.339 e. The molecule has 0 saturated heterocycles. The van der Waals surface area contributed by atoms with Crippen molar-refractivity contribution in [2.24, 2.45) is 0 Å². The van der Waals surface area contributed by atoms with Crippen LogP contribution in [0.2, 0.25) is 5.02 Å². The van der Waals surface area contributed by atoms with Crippen molar-refractivity contribution in [1.82, 2.24) is 9.88 Å². The highest BCUT2D eigenvalue weighted by Gasteiger charge is 2.16. The van der Waals surface area contributed by atoms with Crippen molar-refractivity contribution in [1.29, 1.82) is 0 Å². The maximum absolute atomic E-state index is 12.3. The molecule has 1 amide bonds. The van der Waals surface area contributed by atoms with Crippen LogP contribution in [0, 0.1) is 0 Å². The minimum absolute atomic E-state index is 0.0415. The van der Waals surface area contributed by atoms with Gasteiger partial charge in [0, 0.05) is 30.9 Å². The monoisotopic (exact) mass is 302 g/mol. The maximum atomic E-state index is 12.3. The van der Waals surface area contributed by atoms with Gasteiger partial charge in [-0.3, -0.25) is 9.78 Å². The largest absolute Gasteiger partial charge is 0.339 e. The molecule has 4 heteroatoms. The Morgan fingerprint density at radius 1 is 1.29 bits per heavy atom. The number of amides is 1. The van der Waals surface area contributed by atoms with Crippen molar-refractivity contribution in [3.8, 4) is 0 Å². The van der Waals surface area contributed by atoms with E-state index < -0.39 is 0 Å². The van der Waals surface area contributed by atoms with Gasteiger partial charge in [-0.1, -0.05) is 23.7 Å². The lowest BCUT2D eigenvalue weighted by Crippen LogP contribution is -2.29. The number of nitrogens with zero attached hydrogens (tertiary/aromatic N) is 2. The number of hydrogen-bond acceptors (Lipinski definition) is 2. The molecule has 0 bridgehead atoms. The molecule has 1 atom stereocenters. The summed E-state index contributed by atoms with van der Waals surface area (Å²) in [6.07, 6.45) is 4.67. The fraction of sp³-hybridized carbons (Fsp3) is 0.294. The summed E-state index contributed by atoms with van der Waals surface area (Å²) in [5.74, 6) is 0.124. The lowest BCUT2D eigenvalue weighted by atomic mass is 10.1. The molecule has 1 aromatic heterocycles. The van der Waals surface area contributed by atoms with Crippen LogP contribution in [0.5, 0.6) is 0 Å². The SMILES string of the molecule is CC(c1ccncc1)N(C)C(=O)CCc1cccc(Cl)c1. The third-order valence-electron chi connectivity index (χ3n) is 3.68. The molecule has 0 aliphatic rings. The zero-order valence-electron chi connectivity index (χ0n) is 12.3. The lowest BCUT2D eigenvalue weighted by molar-refractivity contribution is -0.131. The Hall–Kier alpha value is -1.87. The van der Waals surface area contributed by atoms with E-state index >= 15 is 0 Å². The van der Waals surface area contributed by atoms with Gasteiger partial charge >= 0.3 is 0 Å². The molecule has 0 fully saturated rings. The molecule has 0 saturated carbocycles. The van der Waals surface area contributed by atoms with Crippen LogP contribution in [0.15, 0.2) is 48.8 Å². The molecule has 0 spiro atoms. The standard InChI is InChI=1S/C17H19ClN2O/c1-13(15-8-10-19-11-9-15)20(2)17(21)7-6-14-4-3-5-16(18)12-14/h3-5,8-13H,6-7H2,1-2H3. The van der Waals surface area contributed by atoms with Gasteiger partial charge < -0.3 is 4.90 Å². The Morgan fingerprint density at radius 2 is 2.00 bits per heavy atom. The fourth-order valence-electron chi connectivity index (χ4n) is 2.20. The molecule has 1 heterocycles. The molecule has 3 nitrogen and oxygen atoms in total. The quantitative estimate of drug-likeness (QED) is 0.839. The second kappa shape index (κ2) is 7.23. The Balaban J connectivity index is 1.94. The highest BCUT2D eigenvalue weighted by atomic mass is 35.5. The summed E-state index contributed by atoms with van der Waals surface area (Å²) in [7, 11) is 1.84. The van der Waals surface area contributed by atoms with Gasteiger partial charge in [0.1, 0.15) is 0 Å². The minimum atomic E-state index is 0.0415. The van der Waals surface area contributed by atoms with Gasteiger partial charge in [-0.2, -0.15) is 0 Å². The topological polar surface area (TPSA) is 33.2 Å². The van der Waals surface area contributed by atoms with E-state index in [1.165, 1.54) is 0 Å². The number of halogens is 1. The zero-order chi connectivity index (χ0) is 15.2. The molecular formula is C17H19ClN2O. The van der Waals surface area contributed by atoms with Crippen LogP contribution in [0.25, 0.3) is 0 Å². The van der Waals surface area contributed by atoms with Gasteiger partial charge in [0.2, 0.25) is 5.91 Å². The van der Waals surface area contributed by atoms with E-state index in [4.69, 9.17) is 11.6 Å². The predicted octanol–water partition coefficient (Wildman–Crippen LogP) is 3.89. The van der Waals surface area contributed by atoms with E-state index in [1.54, 1.807) is 17.3 Å². The zero-order valence-corrected chi connectivity index (χ0v) is 13.0. The number of hydrogen-bond donors (Lipinski definition) is 0. The first-order valence-electron chi connectivity index (χ1n) is 6.98. The molecule has 0 N–H and O–H groups in total. The van der Waals surface area contributed by atoms with E-state index in [9.17, 15) is 4.79 Å². The molecule has 1 aromatic carbocycles. The molecule has 21 heavy (non-hydrogen) atoms. The van der Waals surface area contributed by atoms with Crippen LogP contribution in [0.1, 0.15) is 30.5 Å². The summed E-state index contributed by atoms with van der Waals surface area (Å²) < 4.78 is 0. The predicted molar refractivity (Wildman–Crippen MR) is 85.2 cm³/mol. The van der Waals surface area contributed by atoms with Crippen molar-refractivity contribution < 1.29 is 4.79 Å². The summed E-state index contributed by atoms with van der Waals surface area (Å²) in [4.78, 5) is 18.1. The summed E-state index contributed by atoms with van der Waals surface area (Å²) in [6.45, 7) is 2.02.